The van der Waals surface area contributed by atoms with Gasteiger partial charge in [-0.3, -0.25) is 0 Å². The number of rotatable bonds is 1. The van der Waals surface area contributed by atoms with Gasteiger partial charge in [-0.05, 0) is 42.0 Å². The molecule has 1 N–H and O–H groups in total. The molecule has 0 fully saturated rings. The van der Waals surface area contributed by atoms with Gasteiger partial charge in [0.2, 0.25) is 0 Å². The van der Waals surface area contributed by atoms with E-state index in [1.165, 1.54) is 12.1 Å². The summed E-state index contributed by atoms with van der Waals surface area (Å²) < 4.78 is 25.5. The van der Waals surface area contributed by atoms with Crippen molar-refractivity contribution in [2.24, 2.45) is 5.92 Å². The molecule has 1 aromatic rings. The van der Waals surface area contributed by atoms with Gasteiger partial charge in [0, 0.05) is 6.61 Å². The zero-order chi connectivity index (χ0) is 9.42. The molecule has 0 atom stereocenters. The smallest absolute Gasteiger partial charge is 0.159 e. The molecule has 0 bridgehead atoms. The lowest BCUT2D eigenvalue weighted by molar-refractivity contribution is 0.232. The molecule has 0 aromatic heterocycles. The van der Waals surface area contributed by atoms with Crippen molar-refractivity contribution in [3.63, 3.8) is 0 Å². The first-order chi connectivity index (χ1) is 6.20. The van der Waals surface area contributed by atoms with Gasteiger partial charge in [0.15, 0.2) is 11.6 Å². The zero-order valence-corrected chi connectivity index (χ0v) is 7.06. The monoisotopic (exact) mass is 184 g/mol. The van der Waals surface area contributed by atoms with Crippen LogP contribution in [0.3, 0.4) is 0 Å². The molecule has 0 unspecified atom stereocenters. The second-order valence-electron chi connectivity index (χ2n) is 3.49. The Morgan fingerprint density at radius 1 is 1.15 bits per heavy atom. The number of fused-ring (bicyclic) bond motifs is 1. The Labute approximate surface area is 75.0 Å². The van der Waals surface area contributed by atoms with Crippen LogP contribution in [0.25, 0.3) is 0 Å². The topological polar surface area (TPSA) is 20.2 Å². The summed E-state index contributed by atoms with van der Waals surface area (Å²) in [6.45, 7) is 0.0813. The fourth-order valence-electron chi connectivity index (χ4n) is 1.83. The molecular formula is C10H10F2O. The third-order valence-corrected chi connectivity index (χ3v) is 2.52. The van der Waals surface area contributed by atoms with Gasteiger partial charge in [0.25, 0.3) is 0 Å². The maximum absolute atomic E-state index is 12.8. The van der Waals surface area contributed by atoms with Crippen molar-refractivity contribution >= 4 is 0 Å². The molecule has 0 aliphatic heterocycles. The van der Waals surface area contributed by atoms with Crippen molar-refractivity contribution in [1.82, 2.24) is 0 Å². The van der Waals surface area contributed by atoms with E-state index in [0.717, 1.165) is 11.1 Å². The molecule has 0 heterocycles. The quantitative estimate of drug-likeness (QED) is 0.703. The zero-order valence-electron chi connectivity index (χ0n) is 7.06. The van der Waals surface area contributed by atoms with Crippen molar-refractivity contribution in [3.05, 3.63) is 34.9 Å². The number of aliphatic hydroxyl groups excluding tert-OH is 1. The minimum absolute atomic E-state index is 0.0813. The lowest BCUT2D eigenvalue weighted by Gasteiger charge is -2.00. The van der Waals surface area contributed by atoms with E-state index in [1.807, 2.05) is 0 Å². The van der Waals surface area contributed by atoms with E-state index >= 15 is 0 Å². The highest BCUT2D eigenvalue weighted by atomic mass is 19.2. The summed E-state index contributed by atoms with van der Waals surface area (Å²) >= 11 is 0. The Kier molecular flexibility index (Phi) is 2.04. The lowest BCUT2D eigenvalue weighted by atomic mass is 10.1. The van der Waals surface area contributed by atoms with E-state index in [-0.39, 0.29) is 12.5 Å². The van der Waals surface area contributed by atoms with Crippen molar-refractivity contribution in [2.45, 2.75) is 12.8 Å². The Morgan fingerprint density at radius 3 is 2.00 bits per heavy atom. The number of hydrogen-bond donors (Lipinski definition) is 1. The van der Waals surface area contributed by atoms with E-state index in [9.17, 15) is 8.78 Å². The highest BCUT2D eigenvalue weighted by Crippen LogP contribution is 2.28. The Bertz CT molecular complexity index is 305. The summed E-state index contributed by atoms with van der Waals surface area (Å²) in [4.78, 5) is 0. The maximum Gasteiger partial charge on any atom is 0.159 e. The molecule has 1 aliphatic rings. The summed E-state index contributed by atoms with van der Waals surface area (Å²) in [7, 11) is 0. The van der Waals surface area contributed by atoms with E-state index in [4.69, 9.17) is 5.11 Å². The van der Waals surface area contributed by atoms with E-state index in [1.54, 1.807) is 0 Å². The van der Waals surface area contributed by atoms with Gasteiger partial charge >= 0.3 is 0 Å². The van der Waals surface area contributed by atoms with E-state index in [0.29, 0.717) is 12.8 Å². The van der Waals surface area contributed by atoms with Gasteiger partial charge in [-0.15, -0.1) is 0 Å². The summed E-state index contributed by atoms with van der Waals surface area (Å²) in [5.41, 5.74) is 1.66. The Balaban J connectivity index is 2.36. The number of aliphatic hydroxyl groups is 1. The fraction of sp³-hybridized carbons (Fsp3) is 0.400. The predicted octanol–water partition coefficient (Wildman–Crippen LogP) is 1.67. The van der Waals surface area contributed by atoms with Gasteiger partial charge in [-0.1, -0.05) is 0 Å². The van der Waals surface area contributed by atoms with Crippen LogP contribution < -0.4 is 0 Å². The van der Waals surface area contributed by atoms with Gasteiger partial charge in [0.1, 0.15) is 0 Å². The molecule has 1 aliphatic carbocycles. The molecule has 3 heteroatoms. The Morgan fingerprint density at radius 2 is 1.62 bits per heavy atom. The van der Waals surface area contributed by atoms with Crippen LogP contribution in [0, 0.1) is 17.6 Å². The van der Waals surface area contributed by atoms with E-state index in [2.05, 4.69) is 0 Å². The predicted molar refractivity (Wildman–Crippen MR) is 44.3 cm³/mol. The molecule has 0 amide bonds. The first-order valence-electron chi connectivity index (χ1n) is 4.28. The molecule has 1 nitrogen and oxygen atoms in total. The minimum Gasteiger partial charge on any atom is -0.396 e. The molecule has 0 spiro atoms. The van der Waals surface area contributed by atoms with Gasteiger partial charge in [0.05, 0.1) is 0 Å². The molecule has 70 valence electrons. The summed E-state index contributed by atoms with van der Waals surface area (Å²) in [6.07, 6.45) is 1.31. The van der Waals surface area contributed by atoms with Crippen LogP contribution in [0.15, 0.2) is 12.1 Å². The summed E-state index contributed by atoms with van der Waals surface area (Å²) in [5.74, 6) is -1.45. The van der Waals surface area contributed by atoms with E-state index < -0.39 is 11.6 Å². The largest absolute Gasteiger partial charge is 0.396 e. The lowest BCUT2D eigenvalue weighted by Crippen LogP contribution is -2.04. The van der Waals surface area contributed by atoms with Crippen LogP contribution in [0.5, 0.6) is 0 Å². The summed E-state index contributed by atoms with van der Waals surface area (Å²) in [5, 5.41) is 8.89. The van der Waals surface area contributed by atoms with Crippen LogP contribution in [-0.2, 0) is 12.8 Å². The second kappa shape index (κ2) is 3.07. The van der Waals surface area contributed by atoms with Crippen molar-refractivity contribution < 1.29 is 13.9 Å². The van der Waals surface area contributed by atoms with Crippen molar-refractivity contribution in [3.8, 4) is 0 Å². The molecule has 0 saturated carbocycles. The fourth-order valence-corrected chi connectivity index (χ4v) is 1.83. The average molecular weight is 184 g/mol. The Hall–Kier alpha value is -0.960. The first-order valence-corrected chi connectivity index (χ1v) is 4.28. The van der Waals surface area contributed by atoms with Crippen LogP contribution >= 0.6 is 0 Å². The maximum atomic E-state index is 12.8. The highest BCUT2D eigenvalue weighted by molar-refractivity contribution is 5.33. The first kappa shape index (κ1) is 8.63. The average Bonchev–Trinajstić information content (AvgIpc) is 2.48. The molecule has 0 saturated heterocycles. The standard InChI is InChI=1S/C10H10F2O/c11-9-3-7-1-6(5-13)2-8(7)4-10(9)12/h3-4,6,13H,1-2,5H2. The molecule has 2 rings (SSSR count). The second-order valence-corrected chi connectivity index (χ2v) is 3.49. The number of hydrogen-bond acceptors (Lipinski definition) is 1. The molecule has 0 radical (unpaired) electrons. The molecular weight excluding hydrogens is 174 g/mol. The third kappa shape index (κ3) is 1.44. The van der Waals surface area contributed by atoms with Crippen LogP contribution in [-0.4, -0.2) is 11.7 Å². The third-order valence-electron chi connectivity index (χ3n) is 2.52. The number of halogens is 2. The normalized spacial score (nSPS) is 16.2. The van der Waals surface area contributed by atoms with Crippen LogP contribution in [0.2, 0.25) is 0 Å². The summed E-state index contributed by atoms with van der Waals surface area (Å²) in [6, 6.07) is 2.47. The SMILES string of the molecule is OCC1Cc2cc(F)c(F)cc2C1. The van der Waals surface area contributed by atoms with Crippen molar-refractivity contribution in [2.75, 3.05) is 6.61 Å². The van der Waals surface area contributed by atoms with Gasteiger partial charge in [-0.2, -0.15) is 0 Å². The van der Waals surface area contributed by atoms with Gasteiger partial charge < -0.3 is 5.11 Å². The highest BCUT2D eigenvalue weighted by Gasteiger charge is 2.22. The van der Waals surface area contributed by atoms with Crippen LogP contribution in [0.4, 0.5) is 8.78 Å². The molecule has 1 aromatic carbocycles. The van der Waals surface area contributed by atoms with Crippen molar-refractivity contribution in [1.29, 1.82) is 0 Å². The molecule has 13 heavy (non-hydrogen) atoms. The number of benzene rings is 1. The minimum atomic E-state index is -0.794. The van der Waals surface area contributed by atoms with Crippen LogP contribution in [0.1, 0.15) is 11.1 Å². The van der Waals surface area contributed by atoms with Gasteiger partial charge in [-0.25, -0.2) is 8.78 Å².